The predicted molar refractivity (Wildman–Crippen MR) is 651 cm³/mol. The van der Waals surface area contributed by atoms with Crippen LogP contribution in [0.5, 0.6) is 0 Å². The van der Waals surface area contributed by atoms with Gasteiger partial charge < -0.3 is 53.2 Å². The number of nitrogens with one attached hydrogen (secondary N) is 1. The van der Waals surface area contributed by atoms with Gasteiger partial charge in [0.15, 0.2) is 0 Å². The van der Waals surface area contributed by atoms with Crippen molar-refractivity contribution in [1.82, 2.24) is 78.5 Å². The lowest BCUT2D eigenvalue weighted by Crippen LogP contribution is -2.40. The highest BCUT2D eigenvalue weighted by molar-refractivity contribution is 7.07. The molecule has 9 saturated heterocycles. The minimum atomic E-state index is 0.597. The average molecular weight is 2040 g/mol. The van der Waals surface area contributed by atoms with Crippen molar-refractivity contribution >= 4 is 17.0 Å². The van der Waals surface area contributed by atoms with Crippen LogP contribution in [0.4, 0.5) is 0 Å². The number of thiazole rings is 1. The fraction of sp³-hybridized carbons (Fsp3) is 0.823. The van der Waals surface area contributed by atoms with Gasteiger partial charge in [0, 0.05) is 145 Å². The second kappa shape index (κ2) is 126. The minimum Gasteiger partial charge on any atom is -0.379 e. The molecule has 10 fully saturated rings. The summed E-state index contributed by atoms with van der Waals surface area (Å²) in [5.41, 5.74) is 7.59. The molecule has 10 aliphatic rings. The summed E-state index contributed by atoms with van der Waals surface area (Å²) in [6.45, 7) is 124. The van der Waals surface area contributed by atoms with Gasteiger partial charge in [0.2, 0.25) is 0 Å². The second-order valence-electron chi connectivity index (χ2n) is 35.9. The molecule has 0 spiro atoms. The smallest absolute Gasteiger partial charge is 0.136 e. The van der Waals surface area contributed by atoms with E-state index in [0.29, 0.717) is 12.1 Å². The van der Waals surface area contributed by atoms with Crippen molar-refractivity contribution in [2.24, 2.45) is 48.5 Å². The van der Waals surface area contributed by atoms with Crippen molar-refractivity contribution in [3.63, 3.8) is 0 Å². The highest BCUT2D eigenvalue weighted by Gasteiger charge is 2.22. The molecule has 852 valence electrons. The van der Waals surface area contributed by atoms with Crippen LogP contribution in [0.2, 0.25) is 0 Å². The van der Waals surface area contributed by atoms with Gasteiger partial charge in [-0.2, -0.15) is 0 Å². The summed E-state index contributed by atoms with van der Waals surface area (Å²) in [4.78, 5) is 41.9. The fourth-order valence-electron chi connectivity index (χ4n) is 15.5. The molecule has 7 unspecified atom stereocenters. The molecule has 143 heavy (non-hydrogen) atoms. The highest BCUT2D eigenvalue weighted by atomic mass is 32.1. The van der Waals surface area contributed by atoms with Crippen LogP contribution in [-0.2, 0) is 48.6 Å². The average Bonchev–Trinajstić information content (AvgIpc) is 1.70. The third-order valence-corrected chi connectivity index (χ3v) is 24.6. The van der Waals surface area contributed by atoms with Crippen LogP contribution in [0.25, 0.3) is 5.65 Å². The van der Waals surface area contributed by atoms with E-state index in [9.17, 15) is 0 Å². The summed E-state index contributed by atoms with van der Waals surface area (Å²) in [6, 6.07) is 12.3. The van der Waals surface area contributed by atoms with E-state index >= 15 is 0 Å². The number of nitrogens with zero attached hydrogens (tertiary/aromatic N) is 15. The third-order valence-electron chi connectivity index (χ3n) is 24.0. The van der Waals surface area contributed by atoms with E-state index in [2.05, 4.69) is 247 Å². The number of hydrogen-bond donors (Lipinski definition) is 1. The van der Waals surface area contributed by atoms with Gasteiger partial charge in [-0.05, 0) is 295 Å². The molecule has 15 heterocycles. The number of morpholine rings is 1. The number of ether oxygens (including phenoxy) is 2. The predicted octanol–water partition coefficient (Wildman–Crippen LogP) is 33.3. The maximum absolute atomic E-state index is 5.30. The van der Waals surface area contributed by atoms with Gasteiger partial charge in [0.1, 0.15) is 11.5 Å². The Kier molecular flexibility index (Phi) is 142. The van der Waals surface area contributed by atoms with E-state index in [0.717, 1.165) is 141 Å². The number of imidazole rings is 2. The van der Waals surface area contributed by atoms with Crippen LogP contribution < -0.4 is 5.32 Å². The molecule has 7 atom stereocenters. The first-order valence-electron chi connectivity index (χ1n) is 60.2. The van der Waals surface area contributed by atoms with Crippen LogP contribution >= 0.6 is 11.3 Å². The monoisotopic (exact) mass is 2040 g/mol. The van der Waals surface area contributed by atoms with Gasteiger partial charge in [-0.1, -0.05) is 315 Å². The number of piperidine rings is 1. The Morgan fingerprint density at radius 2 is 0.853 bits per heavy atom. The molecule has 0 radical (unpaired) electrons. The van der Waals surface area contributed by atoms with Crippen molar-refractivity contribution in [2.45, 2.75) is 478 Å². The Morgan fingerprint density at radius 3 is 1.10 bits per heavy atom. The SMILES string of the molecule is CC.CC.CC.CC.CC.CC.CC.CC.CC.CC.CC.CC.CC(C)N1CCCC1.CC(C)N1CCOCC1.CC1CCCC1.CC1CCN(C(C)C)C1.CC1CCN(C)C1.CC1CCNC1.CCC1CCCO1.CCN1CCC(C)C1.CCN1CCC(C)C1.CCN1CCCC(C)C1.CCc1cccnc1.CCc1cn2ccccc2n1.CCc1cnccn1.CCc1cscn1.CCc1nccn1C. The van der Waals surface area contributed by atoms with E-state index < -0.39 is 0 Å². The van der Waals surface area contributed by atoms with E-state index in [1.807, 2.05) is 237 Å². The van der Waals surface area contributed by atoms with Gasteiger partial charge in [-0.15, -0.1) is 11.3 Å². The van der Waals surface area contributed by atoms with Gasteiger partial charge in [-0.3, -0.25) is 19.9 Å². The molecule has 1 saturated carbocycles. The lowest BCUT2D eigenvalue weighted by Gasteiger charge is -2.29. The van der Waals surface area contributed by atoms with E-state index in [1.54, 1.807) is 36.1 Å². The number of fused-ring (bicyclic) bond motifs is 1. The lowest BCUT2D eigenvalue weighted by molar-refractivity contribution is 0.0238. The number of hydrogen-bond acceptors (Lipinski definition) is 17. The summed E-state index contributed by atoms with van der Waals surface area (Å²) in [5.74, 6) is 7.86. The lowest BCUT2D eigenvalue weighted by atomic mass is 10.0. The molecule has 0 aromatic carbocycles. The molecule has 0 bridgehead atoms. The van der Waals surface area contributed by atoms with E-state index in [-0.39, 0.29) is 0 Å². The Bertz CT molecular complexity index is 3030. The van der Waals surface area contributed by atoms with Crippen LogP contribution in [0, 0.1) is 41.4 Å². The first-order chi connectivity index (χ1) is 69.3. The number of rotatable bonds is 12. The molecule has 1 N–H and O–H groups in total. The summed E-state index contributed by atoms with van der Waals surface area (Å²) in [6.07, 6.45) is 44.8. The Labute approximate surface area is 902 Å². The number of pyridine rings is 2. The Balaban J connectivity index is -0.000000143. The molecular weight excluding hydrogens is 1780 g/mol. The number of aromatic nitrogens is 8. The summed E-state index contributed by atoms with van der Waals surface area (Å²) < 4.78 is 14.6. The summed E-state index contributed by atoms with van der Waals surface area (Å²) in [5, 5.41) is 5.34. The van der Waals surface area contributed by atoms with E-state index in [4.69, 9.17) is 9.47 Å². The molecule has 6 aromatic rings. The zero-order valence-electron chi connectivity index (χ0n) is 105. The number of aryl methyl sites for hydroxylation is 6. The molecule has 19 heteroatoms. The van der Waals surface area contributed by atoms with Crippen LogP contribution in [0.15, 0.2) is 97.0 Å². The normalized spacial score (nSPS) is 19.1. The van der Waals surface area contributed by atoms with Crippen LogP contribution in [-0.4, -0.2) is 249 Å². The standard InChI is InChI=1S/C9H10N2.2C8H17N.C7H15NO.3C7H15N.C7H9N.C6H10N2.C6H8N2.C6H13N.C6H12O.C6H12.C5H7NS.C5H11N.12C2H6/c1-2-8-7-11-6-4-3-5-9(11)10-8;1-7(2)9-5-4-8(3)6-9;1-3-9-6-4-5-8(2)7-9;1-7(2)8-3-5-9-6-4-8;1-7(2)8-5-3-4-6-8;2*1-3-8-5-4-7(2)6-8;1-2-7-4-3-5-8-6-7;1-3-6-7-4-5-8(6)2;1-2-6-5-7-3-4-8-6;1-6-3-4-7(2)5-6;1-2-6-4-3-5-7-6;1-6-4-2-3-5-6;1-2-5-3-7-4-6-5;1-5-2-3-6-4-5;12*1-2/h3-7H,2H2,1H3;7-8H,4-6H2,1-3H3;8H,3-7H2,1-2H3;7H,3-6H2,1-2H3;3*7H,3-6H2,1-2H3;3-6H,2H2,1H3;4-5H,3H2,1-2H3;3-5H,2H2,1H3;6H,3-5H2,1-2H3;6H,2-5H2,1H3;6H,2-5H2,1H3;3-4H,2H2,1H3;5-6H,2-4H2,1H3;12*1-2H3. The first-order valence-corrected chi connectivity index (χ1v) is 61.1. The van der Waals surface area contributed by atoms with Crippen LogP contribution in [0.1, 0.15) is 450 Å². The van der Waals surface area contributed by atoms with Crippen LogP contribution in [0.3, 0.4) is 0 Å². The zero-order valence-corrected chi connectivity index (χ0v) is 106. The van der Waals surface area contributed by atoms with Gasteiger partial charge in [0.05, 0.1) is 41.9 Å². The van der Waals surface area contributed by atoms with Gasteiger partial charge in [-0.25, -0.2) is 15.0 Å². The second-order valence-corrected chi connectivity index (χ2v) is 36.6. The maximum atomic E-state index is 5.30. The van der Waals surface area contributed by atoms with Crippen molar-refractivity contribution in [1.29, 1.82) is 0 Å². The van der Waals surface area contributed by atoms with Crippen molar-refractivity contribution in [3.05, 3.63) is 125 Å². The van der Waals surface area contributed by atoms with Crippen molar-refractivity contribution in [2.75, 3.05) is 151 Å². The molecule has 1 aliphatic carbocycles. The first kappa shape index (κ1) is 161. The molecule has 18 nitrogen and oxygen atoms in total. The quantitative estimate of drug-likeness (QED) is 0.124. The summed E-state index contributed by atoms with van der Waals surface area (Å²) in [7, 11) is 4.19. The molecule has 6 aromatic heterocycles. The van der Waals surface area contributed by atoms with Gasteiger partial charge in [0.25, 0.3) is 0 Å². The Morgan fingerprint density at radius 1 is 0.378 bits per heavy atom. The maximum Gasteiger partial charge on any atom is 0.136 e. The number of likely N-dealkylation sites (tertiary alicyclic amines) is 6. The zero-order chi connectivity index (χ0) is 112. The minimum absolute atomic E-state index is 0.597. The van der Waals surface area contributed by atoms with Crippen molar-refractivity contribution in [3.8, 4) is 0 Å². The third kappa shape index (κ3) is 99.1. The molecular formula is C124H258N16O2S. The highest BCUT2D eigenvalue weighted by Crippen LogP contribution is 2.24. The van der Waals surface area contributed by atoms with Gasteiger partial charge >= 0.3 is 0 Å². The topological polar surface area (TPSA) is 140 Å². The molecule has 9 aliphatic heterocycles. The largest absolute Gasteiger partial charge is 0.379 e. The van der Waals surface area contributed by atoms with Crippen molar-refractivity contribution < 1.29 is 9.47 Å². The van der Waals surface area contributed by atoms with E-state index in [1.165, 1.54) is 225 Å². The Hall–Kier alpha value is -4.64. The molecule has 16 rings (SSSR count). The fourth-order valence-corrected chi connectivity index (χ4v) is 16.1. The molecule has 0 amide bonds. The summed E-state index contributed by atoms with van der Waals surface area (Å²) >= 11 is 1.65.